The summed E-state index contributed by atoms with van der Waals surface area (Å²) in [5, 5.41) is 8.77. The molecule has 1 aromatic carbocycles. The van der Waals surface area contributed by atoms with Crippen LogP contribution in [0.5, 0.6) is 0 Å². The average Bonchev–Trinajstić information content (AvgIpc) is 3.24. The first-order valence-electron chi connectivity index (χ1n) is 11.9. The van der Waals surface area contributed by atoms with Crippen LogP contribution >= 0.6 is 0 Å². The van der Waals surface area contributed by atoms with E-state index >= 15 is 4.39 Å². The molecular formula is C25H22F4N8O2. The molecule has 0 bridgehead atoms. The number of rotatable bonds is 7. The van der Waals surface area contributed by atoms with Gasteiger partial charge in [0.25, 0.3) is 11.1 Å². The Morgan fingerprint density at radius 2 is 1.92 bits per heavy atom. The van der Waals surface area contributed by atoms with Gasteiger partial charge in [-0.3, -0.25) is 14.2 Å². The van der Waals surface area contributed by atoms with Crippen molar-refractivity contribution in [3.63, 3.8) is 0 Å². The Morgan fingerprint density at radius 3 is 2.69 bits per heavy atom. The second kappa shape index (κ2) is 9.93. The van der Waals surface area contributed by atoms with Crippen LogP contribution in [-0.4, -0.2) is 40.7 Å². The fourth-order valence-corrected chi connectivity index (χ4v) is 4.37. The number of benzene rings is 1. The van der Waals surface area contributed by atoms with Crippen molar-refractivity contribution in [3.8, 4) is 11.4 Å². The lowest BCUT2D eigenvalue weighted by Gasteiger charge is -2.18. The van der Waals surface area contributed by atoms with Crippen LogP contribution in [0.3, 0.4) is 0 Å². The van der Waals surface area contributed by atoms with E-state index in [0.29, 0.717) is 18.5 Å². The number of alkyl halides is 3. The monoisotopic (exact) mass is 542 g/mol. The number of aromatic nitrogens is 7. The molecular weight excluding hydrogens is 520 g/mol. The Kier molecular flexibility index (Phi) is 6.62. The highest BCUT2D eigenvalue weighted by Gasteiger charge is 2.37. The van der Waals surface area contributed by atoms with Crippen molar-refractivity contribution >= 4 is 27.6 Å². The van der Waals surface area contributed by atoms with Gasteiger partial charge in [-0.15, -0.1) is 0 Å². The molecule has 1 unspecified atom stereocenters. The SMILES string of the molecule is Cc1c[nH]c2nc(-c3cc4ncn(CCCC(C)Nc5cn[nH]c(=O)c5C(F)(F)F)c(=O)c4cc3F)ncc12. The zero-order valence-electron chi connectivity index (χ0n) is 20.7. The van der Waals surface area contributed by atoms with Crippen LogP contribution in [0.15, 0.2) is 46.6 Å². The molecule has 10 nitrogen and oxygen atoms in total. The molecule has 0 saturated carbocycles. The molecule has 0 aliphatic carbocycles. The van der Waals surface area contributed by atoms with Gasteiger partial charge in [0.2, 0.25) is 0 Å². The van der Waals surface area contributed by atoms with E-state index in [2.05, 4.69) is 30.4 Å². The largest absolute Gasteiger partial charge is 0.423 e. The Bertz CT molecular complexity index is 1810. The molecule has 0 aliphatic rings. The Morgan fingerprint density at radius 1 is 1.13 bits per heavy atom. The van der Waals surface area contributed by atoms with Crippen LogP contribution in [-0.2, 0) is 12.7 Å². The van der Waals surface area contributed by atoms with Gasteiger partial charge in [0.1, 0.15) is 17.0 Å². The smallest absolute Gasteiger partial charge is 0.381 e. The van der Waals surface area contributed by atoms with Gasteiger partial charge < -0.3 is 10.3 Å². The second-order valence-corrected chi connectivity index (χ2v) is 9.19. The van der Waals surface area contributed by atoms with Crippen LogP contribution in [0.4, 0.5) is 23.2 Å². The van der Waals surface area contributed by atoms with Crippen molar-refractivity contribution in [2.24, 2.45) is 0 Å². The molecule has 0 aliphatic heterocycles. The second-order valence-electron chi connectivity index (χ2n) is 9.19. The van der Waals surface area contributed by atoms with Crippen molar-refractivity contribution < 1.29 is 17.6 Å². The third kappa shape index (κ3) is 5.09. The molecule has 202 valence electrons. The van der Waals surface area contributed by atoms with E-state index < -0.39 is 40.4 Å². The molecule has 5 rings (SSSR count). The fourth-order valence-electron chi connectivity index (χ4n) is 4.37. The maximum absolute atomic E-state index is 15.0. The lowest BCUT2D eigenvalue weighted by Crippen LogP contribution is -2.27. The van der Waals surface area contributed by atoms with Gasteiger partial charge in [0.15, 0.2) is 5.82 Å². The van der Waals surface area contributed by atoms with E-state index in [1.807, 2.05) is 6.92 Å². The Hall–Kier alpha value is -4.62. The molecule has 0 spiro atoms. The molecule has 14 heteroatoms. The fraction of sp³-hybridized carbons (Fsp3) is 0.280. The first-order valence-corrected chi connectivity index (χ1v) is 11.9. The van der Waals surface area contributed by atoms with Crippen molar-refractivity contribution in [2.75, 3.05) is 5.32 Å². The molecule has 4 heterocycles. The molecule has 39 heavy (non-hydrogen) atoms. The Balaban J connectivity index is 1.31. The standard InChI is InChI=1S/C25H22F4N8O2/c1-12-8-30-22-16(12)9-31-21(35-22)14-7-18-15(6-17(14)26)24(39)37(11-32-18)5-3-4-13(2)34-19-10-33-36-23(38)20(19)25(27,28)29/h6-11,13H,3-5H2,1-2H3,(H,30,31,35)(H2,34,36,38). The quantitative estimate of drug-likeness (QED) is 0.263. The lowest BCUT2D eigenvalue weighted by molar-refractivity contribution is -0.138. The number of fused-ring (bicyclic) bond motifs is 2. The van der Waals surface area contributed by atoms with Crippen molar-refractivity contribution in [2.45, 2.75) is 45.5 Å². The van der Waals surface area contributed by atoms with Crippen molar-refractivity contribution in [1.29, 1.82) is 0 Å². The summed E-state index contributed by atoms with van der Waals surface area (Å²) in [4.78, 5) is 40.6. The summed E-state index contributed by atoms with van der Waals surface area (Å²) < 4.78 is 56.1. The summed E-state index contributed by atoms with van der Waals surface area (Å²) in [6, 6.07) is 2.06. The minimum Gasteiger partial charge on any atom is -0.381 e. The number of anilines is 1. The van der Waals surface area contributed by atoms with Gasteiger partial charge in [0, 0.05) is 30.4 Å². The van der Waals surface area contributed by atoms with Crippen LogP contribution in [0.25, 0.3) is 33.3 Å². The number of nitrogens with zero attached hydrogens (tertiary/aromatic N) is 5. The van der Waals surface area contributed by atoms with E-state index in [4.69, 9.17) is 0 Å². The number of aromatic amines is 2. The molecule has 1 atom stereocenters. The van der Waals surface area contributed by atoms with E-state index in [-0.39, 0.29) is 28.8 Å². The first kappa shape index (κ1) is 26.0. The zero-order valence-corrected chi connectivity index (χ0v) is 20.7. The molecule has 5 aromatic rings. The molecule has 0 saturated heterocycles. The van der Waals surface area contributed by atoms with Gasteiger partial charge >= 0.3 is 6.18 Å². The van der Waals surface area contributed by atoms with Crippen LogP contribution in [0.2, 0.25) is 0 Å². The van der Waals surface area contributed by atoms with E-state index in [1.54, 1.807) is 24.4 Å². The lowest BCUT2D eigenvalue weighted by atomic mass is 10.1. The summed E-state index contributed by atoms with van der Waals surface area (Å²) in [6.45, 7) is 3.74. The van der Waals surface area contributed by atoms with E-state index in [9.17, 15) is 22.8 Å². The van der Waals surface area contributed by atoms with E-state index in [0.717, 1.165) is 23.2 Å². The molecule has 3 N–H and O–H groups in total. The highest BCUT2D eigenvalue weighted by Crippen LogP contribution is 2.32. The maximum Gasteiger partial charge on any atom is 0.423 e. The topological polar surface area (TPSA) is 134 Å². The van der Waals surface area contributed by atoms with Gasteiger partial charge in [-0.1, -0.05) is 0 Å². The summed E-state index contributed by atoms with van der Waals surface area (Å²) in [7, 11) is 0. The van der Waals surface area contributed by atoms with Crippen LogP contribution < -0.4 is 16.4 Å². The van der Waals surface area contributed by atoms with Gasteiger partial charge in [0.05, 0.1) is 34.7 Å². The average molecular weight is 542 g/mol. The normalized spacial score (nSPS) is 12.8. The number of nitrogens with one attached hydrogen (secondary N) is 3. The zero-order chi connectivity index (χ0) is 27.9. The number of halogens is 4. The number of aryl methyl sites for hydroxylation is 2. The van der Waals surface area contributed by atoms with Gasteiger partial charge in [-0.05, 0) is 44.4 Å². The minimum atomic E-state index is -4.85. The summed E-state index contributed by atoms with van der Waals surface area (Å²) in [6.07, 6.45) is 1.53. The molecule has 0 amide bonds. The Labute approximate surface area is 217 Å². The third-order valence-corrected chi connectivity index (χ3v) is 6.37. The van der Waals surface area contributed by atoms with Crippen LogP contribution in [0.1, 0.15) is 30.9 Å². The summed E-state index contributed by atoms with van der Waals surface area (Å²) in [5.74, 6) is -0.521. The molecule has 0 fully saturated rings. The first-order chi connectivity index (χ1) is 18.5. The summed E-state index contributed by atoms with van der Waals surface area (Å²) in [5.41, 5.74) is -1.67. The highest BCUT2D eigenvalue weighted by atomic mass is 19.4. The maximum atomic E-state index is 15.0. The van der Waals surface area contributed by atoms with Crippen molar-refractivity contribution in [3.05, 3.63) is 74.7 Å². The van der Waals surface area contributed by atoms with Crippen LogP contribution in [0, 0.1) is 12.7 Å². The predicted octanol–water partition coefficient (Wildman–Crippen LogP) is 4.17. The number of hydrogen-bond donors (Lipinski definition) is 3. The van der Waals surface area contributed by atoms with Crippen molar-refractivity contribution in [1.82, 2.24) is 34.7 Å². The third-order valence-electron chi connectivity index (χ3n) is 6.37. The number of hydrogen-bond acceptors (Lipinski definition) is 7. The molecule has 0 radical (unpaired) electrons. The predicted molar refractivity (Wildman–Crippen MR) is 136 cm³/mol. The summed E-state index contributed by atoms with van der Waals surface area (Å²) >= 11 is 0. The van der Waals surface area contributed by atoms with Gasteiger partial charge in [-0.25, -0.2) is 24.4 Å². The number of H-pyrrole nitrogens is 2. The molecule has 4 aromatic heterocycles. The van der Waals surface area contributed by atoms with Gasteiger partial charge in [-0.2, -0.15) is 18.3 Å². The van der Waals surface area contributed by atoms with E-state index in [1.165, 1.54) is 17.0 Å². The minimum absolute atomic E-state index is 0.0751. The highest BCUT2D eigenvalue weighted by molar-refractivity contribution is 5.84.